The highest BCUT2D eigenvalue weighted by Gasteiger charge is 2.28. The Morgan fingerprint density at radius 1 is 0.774 bits per heavy atom. The molecule has 7 N–H and O–H groups in total. The minimum Gasteiger partial charge on any atom is -0.395 e. The molecule has 0 amide bonds. The van der Waals surface area contributed by atoms with E-state index in [-0.39, 0.29) is 42.8 Å². The van der Waals surface area contributed by atoms with E-state index in [2.05, 4.69) is 14.8 Å². The third kappa shape index (κ3) is 4.80. The van der Waals surface area contributed by atoms with Crippen molar-refractivity contribution in [3.05, 3.63) is 53.7 Å². The molecule has 1 aliphatic rings. The van der Waals surface area contributed by atoms with Gasteiger partial charge in [-0.05, 0) is 46.5 Å². The number of aliphatic hydroxyl groups excluding tert-OH is 2. The van der Waals surface area contributed by atoms with Gasteiger partial charge in [0.15, 0.2) is 0 Å². The Kier molecular flexibility index (Phi) is 7.11. The number of hydrogen-bond donors (Lipinski definition) is 6. The maximum atomic E-state index is 12.5. The third-order valence-corrected chi connectivity index (χ3v) is 7.56. The van der Waals surface area contributed by atoms with Crippen molar-refractivity contribution in [2.24, 2.45) is 5.73 Å². The average Bonchev–Trinajstić information content (AvgIpc) is 3.07. The minimum absolute atomic E-state index is 0.0172. The van der Waals surface area contributed by atoms with Gasteiger partial charge in [0.1, 0.15) is 0 Å². The van der Waals surface area contributed by atoms with Gasteiger partial charge in [0.25, 0.3) is 0 Å². The van der Waals surface area contributed by atoms with Gasteiger partial charge in [-0.3, -0.25) is 0 Å². The van der Waals surface area contributed by atoms with Crippen LogP contribution in [-0.4, -0.2) is 60.0 Å². The van der Waals surface area contributed by atoms with Gasteiger partial charge in [-0.25, -0.2) is 26.3 Å². The predicted molar refractivity (Wildman–Crippen MR) is 116 cm³/mol. The first-order valence-corrected chi connectivity index (χ1v) is 12.4. The van der Waals surface area contributed by atoms with E-state index >= 15 is 0 Å². The number of benzene rings is 2. The second kappa shape index (κ2) is 9.44. The maximum Gasteiger partial charge on any atom is 0.240 e. The first-order chi connectivity index (χ1) is 14.7. The Balaban J connectivity index is 2.11. The van der Waals surface area contributed by atoms with Crippen molar-refractivity contribution in [3.8, 4) is 11.1 Å². The molecular weight excluding hydrogens is 444 g/mol. The lowest BCUT2D eigenvalue weighted by Gasteiger charge is -2.09. The lowest BCUT2D eigenvalue weighted by atomic mass is 10.1. The fourth-order valence-electron chi connectivity index (χ4n) is 3.28. The van der Waals surface area contributed by atoms with Crippen LogP contribution in [0.1, 0.15) is 11.1 Å². The lowest BCUT2D eigenvalue weighted by Crippen LogP contribution is -2.26. The van der Waals surface area contributed by atoms with Gasteiger partial charge in [-0.1, -0.05) is 12.1 Å². The van der Waals surface area contributed by atoms with Crippen LogP contribution in [0.4, 0.5) is 0 Å². The van der Waals surface area contributed by atoms with E-state index in [9.17, 15) is 16.8 Å². The van der Waals surface area contributed by atoms with Crippen LogP contribution in [0.15, 0.2) is 52.4 Å². The van der Waals surface area contributed by atoms with Gasteiger partial charge in [-0.15, -0.1) is 0 Å². The molecule has 168 valence electrons. The molecule has 31 heavy (non-hydrogen) atoms. The topological polar surface area (TPSA) is 171 Å². The summed E-state index contributed by atoms with van der Waals surface area (Å²) in [5.74, 6) is 0. The largest absolute Gasteiger partial charge is 0.395 e. The molecule has 0 aliphatic heterocycles. The van der Waals surface area contributed by atoms with E-state index in [4.69, 9.17) is 15.9 Å². The molecule has 0 radical (unpaired) electrons. The number of sulfonamides is 2. The van der Waals surface area contributed by atoms with Crippen molar-refractivity contribution >= 4 is 25.6 Å². The van der Waals surface area contributed by atoms with Crippen LogP contribution >= 0.6 is 0 Å². The van der Waals surface area contributed by atoms with E-state index in [1.54, 1.807) is 18.3 Å². The second-order valence-corrected chi connectivity index (χ2v) is 10.2. The van der Waals surface area contributed by atoms with E-state index in [1.807, 2.05) is 0 Å². The Morgan fingerprint density at radius 3 is 1.61 bits per heavy atom. The third-order valence-electron chi connectivity index (χ3n) is 4.65. The van der Waals surface area contributed by atoms with Crippen LogP contribution in [0.25, 0.3) is 16.7 Å². The summed E-state index contributed by atoms with van der Waals surface area (Å²) in [6, 6.07) is 9.21. The molecule has 0 fully saturated rings. The first kappa shape index (κ1) is 23.3. The lowest BCUT2D eigenvalue weighted by molar-refractivity contribution is 0.300. The first-order valence-electron chi connectivity index (χ1n) is 9.39. The normalized spacial score (nSPS) is 13.1. The summed E-state index contributed by atoms with van der Waals surface area (Å²) in [5, 5.41) is 20.7. The quantitative estimate of drug-likeness (QED) is 0.208. The highest BCUT2D eigenvalue weighted by molar-refractivity contribution is 7.89. The fraction of sp³-hybridized carbons (Fsp3) is 0.263. The Hall–Kier alpha value is -2.32. The standard InChI is InChI=1S/C19H24N4O6S2/c20-12-21-11-19-17-9-13(30(26,27)22-5-7-24)1-3-15(17)16-4-2-14(10-18(16)19)31(28,29)23-6-8-25/h1-4,9-11,21-25H,5-8,12,20H2. The number of nitrogens with two attached hydrogens (primary N) is 1. The molecule has 0 unspecified atom stereocenters. The SMILES string of the molecule is NCNC=C1c2cc(S(=O)(=O)NCCO)ccc2-c2ccc(S(=O)(=O)NCCO)cc21. The number of rotatable bonds is 10. The molecule has 0 saturated carbocycles. The van der Waals surface area contributed by atoms with Crippen molar-refractivity contribution < 1.29 is 27.0 Å². The molecule has 0 bridgehead atoms. The molecule has 2 aromatic rings. The second-order valence-electron chi connectivity index (χ2n) is 6.62. The van der Waals surface area contributed by atoms with Gasteiger partial charge >= 0.3 is 0 Å². The Morgan fingerprint density at radius 2 is 1.23 bits per heavy atom. The maximum absolute atomic E-state index is 12.5. The van der Waals surface area contributed by atoms with Gasteiger partial charge in [0.05, 0.1) is 29.7 Å². The molecule has 0 spiro atoms. The Bertz CT molecular complexity index is 1120. The molecular formula is C19H24N4O6S2. The van der Waals surface area contributed by atoms with E-state index < -0.39 is 20.0 Å². The van der Waals surface area contributed by atoms with Gasteiger partial charge in [-0.2, -0.15) is 0 Å². The van der Waals surface area contributed by atoms with Crippen molar-refractivity contribution in [1.29, 1.82) is 0 Å². The number of fused-ring (bicyclic) bond motifs is 3. The fourth-order valence-corrected chi connectivity index (χ4v) is 5.38. The van der Waals surface area contributed by atoms with Gasteiger partial charge in [0, 0.05) is 24.9 Å². The summed E-state index contributed by atoms with van der Waals surface area (Å²) < 4.78 is 54.5. The molecule has 0 atom stereocenters. The summed E-state index contributed by atoms with van der Waals surface area (Å²) in [6.45, 7) is -0.760. The minimum atomic E-state index is -3.83. The summed E-state index contributed by atoms with van der Waals surface area (Å²) in [7, 11) is -7.66. The van der Waals surface area contributed by atoms with Crippen LogP contribution in [-0.2, 0) is 20.0 Å². The van der Waals surface area contributed by atoms with Crippen molar-refractivity contribution in [2.45, 2.75) is 9.79 Å². The molecule has 12 heteroatoms. The number of hydrogen-bond acceptors (Lipinski definition) is 8. The predicted octanol–water partition coefficient (Wildman–Crippen LogP) is -0.897. The molecule has 3 rings (SSSR count). The van der Waals surface area contributed by atoms with Crippen LogP contribution in [0.5, 0.6) is 0 Å². The molecule has 0 aromatic heterocycles. The number of nitrogens with one attached hydrogen (secondary N) is 3. The van der Waals surface area contributed by atoms with Crippen molar-refractivity contribution in [3.63, 3.8) is 0 Å². The van der Waals surface area contributed by atoms with Crippen LogP contribution in [0, 0.1) is 0 Å². The highest BCUT2D eigenvalue weighted by Crippen LogP contribution is 2.45. The summed E-state index contributed by atoms with van der Waals surface area (Å²) in [5.41, 5.74) is 8.81. The smallest absolute Gasteiger partial charge is 0.240 e. The monoisotopic (exact) mass is 468 g/mol. The van der Waals surface area contributed by atoms with E-state index in [0.29, 0.717) is 16.7 Å². The average molecular weight is 469 g/mol. The highest BCUT2D eigenvalue weighted by atomic mass is 32.2. The van der Waals surface area contributed by atoms with E-state index in [0.717, 1.165) is 11.1 Å². The van der Waals surface area contributed by atoms with Crippen LogP contribution < -0.4 is 20.5 Å². The molecule has 1 aliphatic carbocycles. The Labute approximate surface area is 180 Å². The molecule has 0 saturated heterocycles. The summed E-state index contributed by atoms with van der Waals surface area (Å²) in [4.78, 5) is 0.0345. The summed E-state index contributed by atoms with van der Waals surface area (Å²) in [6.07, 6.45) is 1.61. The molecule has 2 aromatic carbocycles. The van der Waals surface area contributed by atoms with Crippen LogP contribution in [0.3, 0.4) is 0 Å². The van der Waals surface area contributed by atoms with Crippen molar-refractivity contribution in [2.75, 3.05) is 33.0 Å². The zero-order valence-electron chi connectivity index (χ0n) is 16.5. The zero-order valence-corrected chi connectivity index (χ0v) is 18.1. The van der Waals surface area contributed by atoms with Gasteiger partial charge in [0.2, 0.25) is 20.0 Å². The summed E-state index contributed by atoms with van der Waals surface area (Å²) >= 11 is 0. The van der Waals surface area contributed by atoms with E-state index in [1.165, 1.54) is 24.3 Å². The molecule has 0 heterocycles. The van der Waals surface area contributed by atoms with Crippen LogP contribution in [0.2, 0.25) is 0 Å². The number of aliphatic hydroxyl groups is 2. The molecule has 10 nitrogen and oxygen atoms in total. The van der Waals surface area contributed by atoms with Gasteiger partial charge < -0.3 is 21.3 Å². The zero-order chi connectivity index (χ0) is 22.6. The van der Waals surface area contributed by atoms with Crippen molar-refractivity contribution in [1.82, 2.24) is 14.8 Å².